The smallest absolute Gasteiger partial charge is 0.254 e. The molecule has 2 fully saturated rings. The molecule has 0 unspecified atom stereocenters. The number of anilines is 1. The Morgan fingerprint density at radius 3 is 2.57 bits per heavy atom. The highest BCUT2D eigenvalue weighted by Gasteiger charge is 2.28. The number of nitrogens with zero attached hydrogens (tertiary/aromatic N) is 5. The van der Waals surface area contributed by atoms with E-state index in [1.807, 2.05) is 36.2 Å². The van der Waals surface area contributed by atoms with Crippen LogP contribution in [0.25, 0.3) is 22.4 Å². The lowest BCUT2D eigenvalue weighted by molar-refractivity contribution is 0.0303. The van der Waals surface area contributed by atoms with E-state index in [1.165, 1.54) is 12.8 Å². The van der Waals surface area contributed by atoms with Gasteiger partial charge < -0.3 is 23.8 Å². The van der Waals surface area contributed by atoms with Gasteiger partial charge in [-0.3, -0.25) is 4.79 Å². The van der Waals surface area contributed by atoms with Crippen LogP contribution in [0.5, 0.6) is 0 Å². The van der Waals surface area contributed by atoms with Crippen LogP contribution < -0.4 is 4.90 Å². The van der Waals surface area contributed by atoms with Gasteiger partial charge in [-0.1, -0.05) is 0 Å². The Morgan fingerprint density at radius 2 is 1.89 bits per heavy atom. The number of benzene rings is 1. The van der Waals surface area contributed by atoms with E-state index >= 15 is 0 Å². The van der Waals surface area contributed by atoms with Crippen molar-refractivity contribution in [1.82, 2.24) is 19.4 Å². The average molecular weight is 478 g/mol. The van der Waals surface area contributed by atoms with Crippen molar-refractivity contribution in [3.8, 4) is 11.4 Å². The molecule has 8 heteroatoms. The second-order valence-electron chi connectivity index (χ2n) is 9.48. The fourth-order valence-electron chi connectivity index (χ4n) is 5.28. The van der Waals surface area contributed by atoms with Crippen molar-refractivity contribution in [3.63, 3.8) is 0 Å². The zero-order valence-corrected chi connectivity index (χ0v) is 20.9. The standard InChI is InChI=1S/C27H35N5O3/c1-4-34-16-13-31-24-9-7-21(27(33)30-11-14-35-15-12-30)17-23(24)29-26(31)22-8-10-25(28-18-22)32-19(2)5-6-20(32)3/h7-10,17-20H,4-6,11-16H2,1-3H3/t19-,20-/m0/s1. The van der Waals surface area contributed by atoms with Crippen LogP contribution in [-0.2, 0) is 16.0 Å². The number of carbonyl (C=O) groups excluding carboxylic acids is 1. The molecule has 2 atom stereocenters. The predicted octanol–water partition coefficient (Wildman–Crippen LogP) is 3.98. The van der Waals surface area contributed by atoms with Gasteiger partial charge in [-0.2, -0.15) is 0 Å². The van der Waals surface area contributed by atoms with Gasteiger partial charge in [-0.05, 0) is 63.9 Å². The van der Waals surface area contributed by atoms with Crippen molar-refractivity contribution in [2.45, 2.75) is 52.2 Å². The fraction of sp³-hybridized carbons (Fsp3) is 0.519. The van der Waals surface area contributed by atoms with Gasteiger partial charge >= 0.3 is 0 Å². The maximum atomic E-state index is 13.0. The van der Waals surface area contributed by atoms with Crippen LogP contribution in [0.4, 0.5) is 5.82 Å². The zero-order valence-electron chi connectivity index (χ0n) is 20.9. The first-order chi connectivity index (χ1) is 17.1. The molecule has 186 valence electrons. The van der Waals surface area contributed by atoms with Gasteiger partial charge in [0.2, 0.25) is 0 Å². The average Bonchev–Trinajstić information content (AvgIpc) is 3.43. The van der Waals surface area contributed by atoms with Crippen molar-refractivity contribution in [2.75, 3.05) is 44.4 Å². The third kappa shape index (κ3) is 4.77. The summed E-state index contributed by atoms with van der Waals surface area (Å²) in [4.78, 5) is 27.1. The molecule has 1 aromatic carbocycles. The molecule has 0 radical (unpaired) electrons. The van der Waals surface area contributed by atoms with Gasteiger partial charge in [0.15, 0.2) is 0 Å². The highest BCUT2D eigenvalue weighted by atomic mass is 16.5. The first-order valence-corrected chi connectivity index (χ1v) is 12.8. The lowest BCUT2D eigenvalue weighted by atomic mass is 10.1. The molecule has 8 nitrogen and oxygen atoms in total. The third-order valence-electron chi connectivity index (χ3n) is 7.18. The molecule has 0 aliphatic carbocycles. The molecule has 0 N–H and O–H groups in total. The number of ether oxygens (including phenoxy) is 2. The van der Waals surface area contributed by atoms with E-state index in [0.29, 0.717) is 63.7 Å². The number of morpholine rings is 1. The topological polar surface area (TPSA) is 72.7 Å². The molecule has 0 spiro atoms. The maximum Gasteiger partial charge on any atom is 0.254 e. The molecule has 2 aliphatic heterocycles. The molecular weight excluding hydrogens is 442 g/mol. The van der Waals surface area contributed by atoms with Gasteiger partial charge in [-0.25, -0.2) is 9.97 Å². The van der Waals surface area contributed by atoms with Crippen LogP contribution in [0.1, 0.15) is 44.0 Å². The summed E-state index contributed by atoms with van der Waals surface area (Å²) in [6, 6.07) is 11.0. The zero-order chi connectivity index (χ0) is 24.4. The summed E-state index contributed by atoms with van der Waals surface area (Å²) in [6.45, 7) is 10.9. The third-order valence-corrected chi connectivity index (χ3v) is 7.18. The molecule has 3 aromatic rings. The van der Waals surface area contributed by atoms with Crippen LogP contribution >= 0.6 is 0 Å². The Kier molecular flexibility index (Phi) is 7.02. The maximum absolute atomic E-state index is 13.0. The van der Waals surface area contributed by atoms with Gasteiger partial charge in [-0.15, -0.1) is 0 Å². The van der Waals surface area contributed by atoms with Crippen LogP contribution in [0, 0.1) is 0 Å². The molecule has 4 heterocycles. The number of carbonyl (C=O) groups is 1. The van der Waals surface area contributed by atoms with Gasteiger partial charge in [0, 0.05) is 55.6 Å². The van der Waals surface area contributed by atoms with Gasteiger partial charge in [0.05, 0.1) is 30.9 Å². The minimum Gasteiger partial charge on any atom is -0.380 e. The van der Waals surface area contributed by atoms with Crippen LogP contribution in [0.2, 0.25) is 0 Å². The highest BCUT2D eigenvalue weighted by Crippen LogP contribution is 2.31. The number of amides is 1. The normalized spacial score (nSPS) is 20.7. The number of rotatable bonds is 7. The van der Waals surface area contributed by atoms with E-state index in [0.717, 1.165) is 28.2 Å². The largest absolute Gasteiger partial charge is 0.380 e. The Bertz CT molecular complexity index is 1160. The second-order valence-corrected chi connectivity index (χ2v) is 9.48. The second kappa shape index (κ2) is 10.3. The fourth-order valence-corrected chi connectivity index (χ4v) is 5.28. The minimum absolute atomic E-state index is 0.0282. The van der Waals surface area contributed by atoms with Gasteiger partial charge in [0.25, 0.3) is 5.91 Å². The van der Waals surface area contributed by atoms with Crippen molar-refractivity contribution in [1.29, 1.82) is 0 Å². The van der Waals surface area contributed by atoms with E-state index in [-0.39, 0.29) is 5.91 Å². The minimum atomic E-state index is 0.0282. The Balaban J connectivity index is 1.48. The summed E-state index contributed by atoms with van der Waals surface area (Å²) in [5.41, 5.74) is 3.42. The van der Waals surface area contributed by atoms with Crippen LogP contribution in [-0.4, -0.2) is 76.9 Å². The summed E-state index contributed by atoms with van der Waals surface area (Å²) in [5.74, 6) is 1.89. The van der Waals surface area contributed by atoms with E-state index < -0.39 is 0 Å². The lowest BCUT2D eigenvalue weighted by Crippen LogP contribution is -2.40. The van der Waals surface area contributed by atoms with Crippen LogP contribution in [0.3, 0.4) is 0 Å². The van der Waals surface area contributed by atoms with Crippen LogP contribution in [0.15, 0.2) is 36.5 Å². The number of hydrogen-bond acceptors (Lipinski definition) is 6. The molecule has 35 heavy (non-hydrogen) atoms. The number of fused-ring (bicyclic) bond motifs is 1. The SMILES string of the molecule is CCOCCn1c(-c2ccc(N3[C@@H](C)CC[C@@H]3C)nc2)nc2cc(C(=O)N3CCOCC3)ccc21. The molecule has 0 bridgehead atoms. The molecular formula is C27H35N5O3. The lowest BCUT2D eigenvalue weighted by Gasteiger charge is -2.27. The number of pyridine rings is 1. The van der Waals surface area contributed by atoms with E-state index in [2.05, 4.69) is 35.4 Å². The first kappa shape index (κ1) is 23.8. The Morgan fingerprint density at radius 1 is 1.11 bits per heavy atom. The Labute approximate surface area is 206 Å². The Hall–Kier alpha value is -2.97. The van der Waals surface area contributed by atoms with Crippen molar-refractivity contribution in [2.24, 2.45) is 0 Å². The summed E-state index contributed by atoms with van der Waals surface area (Å²) < 4.78 is 13.2. The quantitative estimate of drug-likeness (QED) is 0.479. The molecule has 5 rings (SSSR count). The summed E-state index contributed by atoms with van der Waals surface area (Å²) in [7, 11) is 0. The van der Waals surface area contributed by atoms with E-state index in [1.54, 1.807) is 0 Å². The molecule has 2 saturated heterocycles. The van der Waals surface area contributed by atoms with Crippen molar-refractivity contribution >= 4 is 22.8 Å². The molecule has 2 aliphatic rings. The van der Waals surface area contributed by atoms with Gasteiger partial charge in [0.1, 0.15) is 11.6 Å². The monoisotopic (exact) mass is 477 g/mol. The first-order valence-electron chi connectivity index (χ1n) is 12.8. The highest BCUT2D eigenvalue weighted by molar-refractivity contribution is 5.98. The van der Waals surface area contributed by atoms with E-state index in [4.69, 9.17) is 19.4 Å². The number of imidazole rings is 1. The number of hydrogen-bond donors (Lipinski definition) is 0. The molecule has 2 aromatic heterocycles. The van der Waals surface area contributed by atoms with Crippen molar-refractivity contribution < 1.29 is 14.3 Å². The number of aromatic nitrogens is 3. The predicted molar refractivity (Wildman–Crippen MR) is 137 cm³/mol. The summed E-state index contributed by atoms with van der Waals surface area (Å²) in [6.07, 6.45) is 4.32. The molecule has 1 amide bonds. The van der Waals surface area contributed by atoms with E-state index in [9.17, 15) is 4.79 Å². The summed E-state index contributed by atoms with van der Waals surface area (Å²) in [5, 5.41) is 0. The molecule has 0 saturated carbocycles. The van der Waals surface area contributed by atoms with Crippen molar-refractivity contribution in [3.05, 3.63) is 42.1 Å². The summed E-state index contributed by atoms with van der Waals surface area (Å²) >= 11 is 0.